The summed E-state index contributed by atoms with van der Waals surface area (Å²) in [4.78, 5) is 25.1. The van der Waals surface area contributed by atoms with Crippen molar-refractivity contribution in [2.24, 2.45) is 0 Å². The van der Waals surface area contributed by atoms with Crippen molar-refractivity contribution in [3.63, 3.8) is 0 Å². The Balaban J connectivity index is 1.96. The molecule has 0 aliphatic heterocycles. The third-order valence-corrected chi connectivity index (χ3v) is 4.85. The quantitative estimate of drug-likeness (QED) is 0.658. The number of anilines is 1. The fraction of sp³-hybridized carbons (Fsp3) is 0.231. The third kappa shape index (κ3) is 4.43. The number of hydrogen-bond acceptors (Lipinski definition) is 6. The molecule has 0 aliphatic carbocycles. The van der Waals surface area contributed by atoms with Crippen molar-refractivity contribution in [2.45, 2.75) is 4.34 Å². The summed E-state index contributed by atoms with van der Waals surface area (Å²) in [7, 11) is 3.39. The second kappa shape index (κ2) is 7.57. The molecule has 2 aromatic rings. The van der Waals surface area contributed by atoms with Crippen LogP contribution in [0.5, 0.6) is 0 Å². The molecule has 0 bridgehead atoms. The number of benzene rings is 1. The molecule has 22 heavy (non-hydrogen) atoms. The van der Waals surface area contributed by atoms with Crippen LogP contribution in [0.15, 0.2) is 28.6 Å². The molecule has 6 nitrogen and oxygen atoms in total. The summed E-state index contributed by atoms with van der Waals surface area (Å²) in [6, 6.07) is 6.75. The fourth-order valence-electron chi connectivity index (χ4n) is 1.38. The van der Waals surface area contributed by atoms with Crippen LogP contribution >= 0.6 is 34.7 Å². The average molecular weight is 357 g/mol. The predicted octanol–water partition coefficient (Wildman–Crippen LogP) is 2.62. The van der Waals surface area contributed by atoms with Gasteiger partial charge >= 0.3 is 0 Å². The first kappa shape index (κ1) is 16.7. The van der Waals surface area contributed by atoms with E-state index in [9.17, 15) is 9.59 Å². The van der Waals surface area contributed by atoms with Crippen LogP contribution in [0.25, 0.3) is 0 Å². The standard InChI is InChI=1S/C13H13ClN4O2S2/c1-18(2)10(19)7-21-13-17-16-12(22-13)15-11(20)8-5-3-4-6-9(8)14/h3-6H,7H2,1-2H3,(H,15,16,20). The molecule has 9 heteroatoms. The Bertz CT molecular complexity index is 690. The van der Waals surface area contributed by atoms with Crippen LogP contribution in [-0.4, -0.2) is 46.8 Å². The molecule has 1 aromatic carbocycles. The average Bonchev–Trinajstić information content (AvgIpc) is 2.92. The number of hydrogen-bond donors (Lipinski definition) is 1. The molecule has 1 aromatic heterocycles. The maximum absolute atomic E-state index is 12.1. The zero-order chi connectivity index (χ0) is 16.1. The predicted molar refractivity (Wildman–Crippen MR) is 88.7 cm³/mol. The van der Waals surface area contributed by atoms with Crippen molar-refractivity contribution in [3.8, 4) is 0 Å². The molecule has 0 atom stereocenters. The highest BCUT2D eigenvalue weighted by Crippen LogP contribution is 2.26. The summed E-state index contributed by atoms with van der Waals surface area (Å²) < 4.78 is 0.615. The van der Waals surface area contributed by atoms with Gasteiger partial charge in [-0.3, -0.25) is 14.9 Å². The van der Waals surface area contributed by atoms with Crippen LogP contribution in [0.2, 0.25) is 5.02 Å². The first-order valence-corrected chi connectivity index (χ1v) is 8.37. The summed E-state index contributed by atoms with van der Waals surface area (Å²) in [5.74, 6) is -0.0791. The van der Waals surface area contributed by atoms with Crippen LogP contribution < -0.4 is 5.32 Å². The number of halogens is 1. The highest BCUT2D eigenvalue weighted by atomic mass is 35.5. The molecule has 2 rings (SSSR count). The van der Waals surface area contributed by atoms with Gasteiger partial charge in [-0.25, -0.2) is 0 Å². The van der Waals surface area contributed by atoms with Gasteiger partial charge in [-0.2, -0.15) is 0 Å². The van der Waals surface area contributed by atoms with E-state index in [1.54, 1.807) is 38.4 Å². The highest BCUT2D eigenvalue weighted by Gasteiger charge is 2.14. The monoisotopic (exact) mass is 356 g/mol. The van der Waals surface area contributed by atoms with E-state index >= 15 is 0 Å². The van der Waals surface area contributed by atoms with Crippen molar-refractivity contribution in [1.29, 1.82) is 0 Å². The van der Waals surface area contributed by atoms with E-state index in [2.05, 4.69) is 15.5 Å². The van der Waals surface area contributed by atoms with E-state index in [4.69, 9.17) is 11.6 Å². The molecule has 1 N–H and O–H groups in total. The van der Waals surface area contributed by atoms with Crippen molar-refractivity contribution in [2.75, 3.05) is 25.2 Å². The van der Waals surface area contributed by atoms with Gasteiger partial charge in [0.1, 0.15) is 0 Å². The Labute approximate surface area is 140 Å². The topological polar surface area (TPSA) is 75.2 Å². The summed E-state index contributed by atoms with van der Waals surface area (Å²) in [5.41, 5.74) is 0.372. The number of nitrogens with one attached hydrogen (secondary N) is 1. The van der Waals surface area contributed by atoms with Crippen LogP contribution in [0.3, 0.4) is 0 Å². The molecule has 0 aliphatic rings. The van der Waals surface area contributed by atoms with Gasteiger partial charge < -0.3 is 4.90 Å². The van der Waals surface area contributed by atoms with Crippen LogP contribution in [0.1, 0.15) is 10.4 Å². The van der Waals surface area contributed by atoms with Gasteiger partial charge in [0.25, 0.3) is 5.91 Å². The smallest absolute Gasteiger partial charge is 0.259 e. The zero-order valence-corrected chi connectivity index (χ0v) is 14.3. The number of rotatable bonds is 5. The number of nitrogens with zero attached hydrogens (tertiary/aromatic N) is 3. The normalized spacial score (nSPS) is 10.3. The van der Waals surface area contributed by atoms with Gasteiger partial charge in [0.15, 0.2) is 4.34 Å². The van der Waals surface area contributed by atoms with Gasteiger partial charge in [-0.05, 0) is 12.1 Å². The number of carbonyl (C=O) groups is 2. The van der Waals surface area contributed by atoms with E-state index in [1.807, 2.05) is 0 Å². The van der Waals surface area contributed by atoms with Crippen molar-refractivity contribution in [3.05, 3.63) is 34.9 Å². The van der Waals surface area contributed by atoms with Gasteiger partial charge in [-0.1, -0.05) is 46.8 Å². The Morgan fingerprint density at radius 3 is 2.73 bits per heavy atom. The number of thioether (sulfide) groups is 1. The van der Waals surface area contributed by atoms with Crippen molar-refractivity contribution >= 4 is 51.6 Å². The van der Waals surface area contributed by atoms with Gasteiger partial charge in [0.2, 0.25) is 11.0 Å². The van der Waals surface area contributed by atoms with E-state index in [0.29, 0.717) is 20.1 Å². The molecule has 0 saturated heterocycles. The maximum Gasteiger partial charge on any atom is 0.259 e. The molecular formula is C13H13ClN4O2S2. The SMILES string of the molecule is CN(C)C(=O)CSc1nnc(NC(=O)c2ccccc2Cl)s1. The Morgan fingerprint density at radius 1 is 1.32 bits per heavy atom. The van der Waals surface area contributed by atoms with Crippen LogP contribution in [-0.2, 0) is 4.79 Å². The van der Waals surface area contributed by atoms with Crippen LogP contribution in [0.4, 0.5) is 5.13 Å². The van der Waals surface area contributed by atoms with Gasteiger partial charge in [-0.15, -0.1) is 10.2 Å². The molecule has 0 radical (unpaired) electrons. The van der Waals surface area contributed by atoms with Crippen molar-refractivity contribution in [1.82, 2.24) is 15.1 Å². The molecule has 0 saturated carbocycles. The largest absolute Gasteiger partial charge is 0.348 e. The van der Waals surface area contributed by atoms with E-state index in [-0.39, 0.29) is 17.6 Å². The van der Waals surface area contributed by atoms with E-state index in [0.717, 1.165) is 0 Å². The number of carbonyl (C=O) groups excluding carboxylic acids is 2. The Morgan fingerprint density at radius 2 is 2.05 bits per heavy atom. The van der Waals surface area contributed by atoms with E-state index < -0.39 is 0 Å². The molecule has 1 heterocycles. The summed E-state index contributed by atoms with van der Waals surface area (Å²) in [6.07, 6.45) is 0. The third-order valence-electron chi connectivity index (χ3n) is 2.56. The van der Waals surface area contributed by atoms with E-state index in [1.165, 1.54) is 28.0 Å². The second-order valence-corrected chi connectivity index (χ2v) is 6.99. The summed E-state index contributed by atoms with van der Waals surface area (Å²) >= 11 is 8.46. The zero-order valence-electron chi connectivity index (χ0n) is 11.9. The molecule has 0 fully saturated rings. The summed E-state index contributed by atoms with van der Waals surface area (Å²) in [5, 5.41) is 11.2. The first-order chi connectivity index (χ1) is 10.5. The fourth-order valence-corrected chi connectivity index (χ4v) is 3.33. The molecule has 0 spiro atoms. The minimum atomic E-state index is -0.345. The van der Waals surface area contributed by atoms with Gasteiger partial charge in [0.05, 0.1) is 16.3 Å². The lowest BCUT2D eigenvalue weighted by atomic mass is 10.2. The maximum atomic E-state index is 12.1. The minimum absolute atomic E-state index is 0.0122. The lowest BCUT2D eigenvalue weighted by Gasteiger charge is -2.07. The molecule has 0 unspecified atom stereocenters. The lowest BCUT2D eigenvalue weighted by Crippen LogP contribution is -2.23. The molecule has 116 valence electrons. The Hall–Kier alpha value is -1.64. The van der Waals surface area contributed by atoms with Crippen LogP contribution in [0, 0.1) is 0 Å². The molecular weight excluding hydrogens is 344 g/mol. The number of aromatic nitrogens is 2. The summed E-state index contributed by atoms with van der Waals surface area (Å²) in [6.45, 7) is 0. The first-order valence-electron chi connectivity index (χ1n) is 6.19. The Kier molecular flexibility index (Phi) is 5.76. The lowest BCUT2D eigenvalue weighted by molar-refractivity contribution is -0.125. The number of amides is 2. The van der Waals surface area contributed by atoms with Gasteiger partial charge in [0, 0.05) is 14.1 Å². The van der Waals surface area contributed by atoms with Crippen molar-refractivity contribution < 1.29 is 9.59 Å². The second-order valence-electron chi connectivity index (χ2n) is 4.38. The minimum Gasteiger partial charge on any atom is -0.348 e. The highest BCUT2D eigenvalue weighted by molar-refractivity contribution is 8.01. The molecule has 2 amide bonds.